The summed E-state index contributed by atoms with van der Waals surface area (Å²) >= 11 is 0. The largest absolute Gasteiger partial charge is 0.396 e. The van der Waals surface area contributed by atoms with Gasteiger partial charge in [-0.1, -0.05) is 6.08 Å². The number of allylic oxidation sites excluding steroid dienone is 1. The van der Waals surface area contributed by atoms with Crippen molar-refractivity contribution in [2.24, 2.45) is 5.92 Å². The van der Waals surface area contributed by atoms with Gasteiger partial charge in [-0.25, -0.2) is 4.79 Å². The summed E-state index contributed by atoms with van der Waals surface area (Å²) in [5.41, 5.74) is 0. The van der Waals surface area contributed by atoms with Crippen LogP contribution in [-0.4, -0.2) is 41.8 Å². The van der Waals surface area contributed by atoms with Crippen molar-refractivity contribution in [1.29, 1.82) is 0 Å². The molecule has 1 rings (SSSR count). The molecule has 0 aromatic rings. The molecule has 0 spiro atoms. The number of nitrogens with one attached hydrogen (secondary N) is 1. The quantitative estimate of drug-likeness (QED) is 0.549. The lowest BCUT2D eigenvalue weighted by Gasteiger charge is -2.20. The third kappa shape index (κ3) is 4.77. The zero-order valence-corrected chi connectivity index (χ0v) is 10.7. The first-order valence-corrected chi connectivity index (χ1v) is 6.44. The summed E-state index contributed by atoms with van der Waals surface area (Å²) in [5, 5.41) is 12.0. The van der Waals surface area contributed by atoms with E-state index in [4.69, 9.17) is 5.11 Å². The predicted molar refractivity (Wildman–Crippen MR) is 68.8 cm³/mol. The summed E-state index contributed by atoms with van der Waals surface area (Å²) in [6.45, 7) is 7.33. The smallest absolute Gasteiger partial charge is 0.317 e. The van der Waals surface area contributed by atoms with Gasteiger partial charge in [-0.3, -0.25) is 0 Å². The van der Waals surface area contributed by atoms with Gasteiger partial charge >= 0.3 is 6.03 Å². The monoisotopic (exact) mass is 240 g/mol. The standard InChI is InChI=1S/C13H24N2O2/c1-3-4-5-6-11(2)14-13(17)15-8-7-12(9-15)10-16/h3,11-12,16H,1,4-10H2,2H3,(H,14,17)/t11-,12-/m0/s1. The van der Waals surface area contributed by atoms with Crippen molar-refractivity contribution < 1.29 is 9.90 Å². The average molecular weight is 240 g/mol. The van der Waals surface area contributed by atoms with Gasteiger partial charge in [-0.05, 0) is 32.6 Å². The van der Waals surface area contributed by atoms with E-state index in [0.29, 0.717) is 6.54 Å². The van der Waals surface area contributed by atoms with Crippen LogP contribution < -0.4 is 5.32 Å². The fourth-order valence-electron chi connectivity index (χ4n) is 2.11. The molecule has 1 aliphatic rings. The van der Waals surface area contributed by atoms with Gasteiger partial charge in [0.05, 0.1) is 0 Å². The Bertz CT molecular complexity index is 256. The Kier molecular flexibility index (Phi) is 6.05. The van der Waals surface area contributed by atoms with Crippen molar-refractivity contribution in [3.05, 3.63) is 12.7 Å². The first-order valence-electron chi connectivity index (χ1n) is 6.44. The van der Waals surface area contributed by atoms with Gasteiger partial charge in [0.25, 0.3) is 0 Å². The minimum Gasteiger partial charge on any atom is -0.396 e. The molecule has 0 aromatic heterocycles. The molecule has 2 amide bonds. The maximum absolute atomic E-state index is 11.9. The number of carbonyl (C=O) groups is 1. The van der Waals surface area contributed by atoms with Gasteiger partial charge in [-0.15, -0.1) is 6.58 Å². The van der Waals surface area contributed by atoms with Gasteiger partial charge in [-0.2, -0.15) is 0 Å². The van der Waals surface area contributed by atoms with Gasteiger partial charge < -0.3 is 15.3 Å². The summed E-state index contributed by atoms with van der Waals surface area (Å²) in [7, 11) is 0. The van der Waals surface area contributed by atoms with Crippen LogP contribution in [0, 0.1) is 5.92 Å². The van der Waals surface area contributed by atoms with Crippen LogP contribution in [0.3, 0.4) is 0 Å². The fraction of sp³-hybridized carbons (Fsp3) is 0.769. The van der Waals surface area contributed by atoms with E-state index >= 15 is 0 Å². The van der Waals surface area contributed by atoms with Crippen molar-refractivity contribution in [1.82, 2.24) is 10.2 Å². The molecule has 1 saturated heterocycles. The minimum absolute atomic E-state index is 0.00653. The fourth-order valence-corrected chi connectivity index (χ4v) is 2.11. The second-order valence-corrected chi connectivity index (χ2v) is 4.85. The van der Waals surface area contributed by atoms with E-state index in [2.05, 4.69) is 11.9 Å². The third-order valence-electron chi connectivity index (χ3n) is 3.25. The first kappa shape index (κ1) is 14.0. The molecule has 4 heteroatoms. The second-order valence-electron chi connectivity index (χ2n) is 4.85. The minimum atomic E-state index is 0.00653. The lowest BCUT2D eigenvalue weighted by molar-refractivity contribution is 0.195. The van der Waals surface area contributed by atoms with Crippen LogP contribution in [-0.2, 0) is 0 Å². The zero-order chi connectivity index (χ0) is 12.7. The summed E-state index contributed by atoms with van der Waals surface area (Å²) in [5.74, 6) is 0.261. The molecule has 0 radical (unpaired) electrons. The topological polar surface area (TPSA) is 52.6 Å². The number of urea groups is 1. The lowest BCUT2D eigenvalue weighted by atomic mass is 10.1. The number of carbonyl (C=O) groups excluding carboxylic acids is 1. The first-order chi connectivity index (χ1) is 8.17. The van der Waals surface area contributed by atoms with Crippen molar-refractivity contribution in [2.45, 2.75) is 38.6 Å². The van der Waals surface area contributed by atoms with E-state index in [-0.39, 0.29) is 24.6 Å². The van der Waals surface area contributed by atoms with Crippen molar-refractivity contribution in [2.75, 3.05) is 19.7 Å². The Morgan fingerprint density at radius 2 is 2.47 bits per heavy atom. The molecule has 0 saturated carbocycles. The number of hydrogen-bond acceptors (Lipinski definition) is 2. The Hall–Kier alpha value is -1.03. The number of rotatable bonds is 6. The molecule has 0 aliphatic carbocycles. The highest BCUT2D eigenvalue weighted by Crippen LogP contribution is 2.15. The Balaban J connectivity index is 2.22. The number of unbranched alkanes of at least 4 members (excludes halogenated alkanes) is 1. The molecule has 2 N–H and O–H groups in total. The molecule has 0 unspecified atom stereocenters. The van der Waals surface area contributed by atoms with Gasteiger partial charge in [0, 0.05) is 31.7 Å². The molecule has 1 aliphatic heterocycles. The maximum atomic E-state index is 11.9. The molecular formula is C13H24N2O2. The summed E-state index contributed by atoms with van der Waals surface area (Å²) < 4.78 is 0. The van der Waals surface area contributed by atoms with Crippen molar-refractivity contribution in [3.8, 4) is 0 Å². The highest BCUT2D eigenvalue weighted by molar-refractivity contribution is 5.74. The number of aliphatic hydroxyl groups is 1. The molecule has 0 bridgehead atoms. The molecular weight excluding hydrogens is 216 g/mol. The van der Waals surface area contributed by atoms with Crippen LogP contribution in [0.15, 0.2) is 12.7 Å². The highest BCUT2D eigenvalue weighted by atomic mass is 16.3. The van der Waals surface area contributed by atoms with Crippen LogP contribution in [0.25, 0.3) is 0 Å². The summed E-state index contributed by atoms with van der Waals surface area (Å²) in [6.07, 6.45) is 5.85. The lowest BCUT2D eigenvalue weighted by Crippen LogP contribution is -2.42. The van der Waals surface area contributed by atoms with E-state index in [1.807, 2.05) is 13.0 Å². The van der Waals surface area contributed by atoms with E-state index in [1.165, 1.54) is 0 Å². The number of likely N-dealkylation sites (tertiary alicyclic amines) is 1. The molecule has 17 heavy (non-hydrogen) atoms. The van der Waals surface area contributed by atoms with Crippen LogP contribution in [0.2, 0.25) is 0 Å². The van der Waals surface area contributed by atoms with Crippen LogP contribution >= 0.6 is 0 Å². The molecule has 0 aromatic carbocycles. The Morgan fingerprint density at radius 3 is 3.06 bits per heavy atom. The normalized spacial score (nSPS) is 21.3. The second kappa shape index (κ2) is 7.33. The predicted octanol–water partition coefficient (Wildman–Crippen LogP) is 1.76. The van der Waals surface area contributed by atoms with Crippen molar-refractivity contribution >= 4 is 6.03 Å². The molecule has 98 valence electrons. The van der Waals surface area contributed by atoms with E-state index < -0.39 is 0 Å². The van der Waals surface area contributed by atoms with Crippen LogP contribution in [0.1, 0.15) is 32.6 Å². The molecule has 1 heterocycles. The summed E-state index contributed by atoms with van der Waals surface area (Å²) in [6, 6.07) is 0.211. The highest BCUT2D eigenvalue weighted by Gasteiger charge is 2.25. The van der Waals surface area contributed by atoms with Crippen LogP contribution in [0.5, 0.6) is 0 Å². The maximum Gasteiger partial charge on any atom is 0.317 e. The number of hydrogen-bond donors (Lipinski definition) is 2. The molecule has 1 fully saturated rings. The number of amides is 2. The van der Waals surface area contributed by atoms with Crippen molar-refractivity contribution in [3.63, 3.8) is 0 Å². The third-order valence-corrected chi connectivity index (χ3v) is 3.25. The van der Waals surface area contributed by atoms with E-state index in [1.54, 1.807) is 4.90 Å². The zero-order valence-electron chi connectivity index (χ0n) is 10.7. The van der Waals surface area contributed by atoms with Gasteiger partial charge in [0.2, 0.25) is 0 Å². The summed E-state index contributed by atoms with van der Waals surface area (Å²) in [4.78, 5) is 13.7. The Labute approximate surface area is 104 Å². The molecule has 4 nitrogen and oxygen atoms in total. The van der Waals surface area contributed by atoms with E-state index in [0.717, 1.165) is 32.2 Å². The van der Waals surface area contributed by atoms with Crippen LogP contribution in [0.4, 0.5) is 4.79 Å². The SMILES string of the molecule is C=CCCC[C@H](C)NC(=O)N1CC[C@H](CO)C1. The molecule has 2 atom stereocenters. The number of nitrogens with zero attached hydrogens (tertiary/aromatic N) is 1. The Morgan fingerprint density at radius 1 is 1.71 bits per heavy atom. The average Bonchev–Trinajstić information content (AvgIpc) is 2.78. The number of aliphatic hydroxyl groups excluding tert-OH is 1. The van der Waals surface area contributed by atoms with Gasteiger partial charge in [0.1, 0.15) is 0 Å². The van der Waals surface area contributed by atoms with Gasteiger partial charge in [0.15, 0.2) is 0 Å². The van der Waals surface area contributed by atoms with E-state index in [9.17, 15) is 4.79 Å².